The number of nitrogens with zero attached hydrogens (tertiary/aromatic N) is 1. The van der Waals surface area contributed by atoms with E-state index in [1.54, 1.807) is 31.2 Å². The lowest BCUT2D eigenvalue weighted by atomic mass is 10.2. The van der Waals surface area contributed by atoms with Crippen LogP contribution in [0.3, 0.4) is 0 Å². The van der Waals surface area contributed by atoms with Gasteiger partial charge < -0.3 is 19.3 Å². The van der Waals surface area contributed by atoms with Crippen molar-refractivity contribution in [1.82, 2.24) is 4.31 Å². The lowest BCUT2D eigenvalue weighted by Crippen LogP contribution is -2.51. The minimum absolute atomic E-state index is 0.129. The second kappa shape index (κ2) is 8.91. The predicted molar refractivity (Wildman–Crippen MR) is 104 cm³/mol. The van der Waals surface area contributed by atoms with Gasteiger partial charge in [0.25, 0.3) is 0 Å². The average Bonchev–Trinajstić information content (AvgIpc) is 2.70. The lowest BCUT2D eigenvalue weighted by molar-refractivity contribution is -0.0516. The number of aliphatic hydroxyl groups is 1. The molecule has 0 saturated carbocycles. The highest BCUT2D eigenvalue weighted by Crippen LogP contribution is 2.27. The van der Waals surface area contributed by atoms with Crippen molar-refractivity contribution in [3.8, 4) is 17.2 Å². The van der Waals surface area contributed by atoms with E-state index in [0.717, 1.165) is 5.75 Å². The number of aliphatic hydroxyl groups excluding tert-OH is 1. The molecule has 7 nitrogen and oxygen atoms in total. The molecule has 0 radical (unpaired) electrons. The average molecular weight is 407 g/mol. The van der Waals surface area contributed by atoms with Gasteiger partial charge in [0, 0.05) is 12.6 Å². The van der Waals surface area contributed by atoms with Crippen LogP contribution < -0.4 is 9.47 Å². The third kappa shape index (κ3) is 4.64. The lowest BCUT2D eigenvalue weighted by Gasteiger charge is -2.36. The molecule has 1 heterocycles. The maximum absolute atomic E-state index is 13.0. The molecule has 1 aliphatic rings. The molecule has 8 heteroatoms. The van der Waals surface area contributed by atoms with Crippen molar-refractivity contribution in [3.63, 3.8) is 0 Å². The van der Waals surface area contributed by atoms with Crippen molar-refractivity contribution in [3.05, 3.63) is 48.5 Å². The second-order valence-corrected chi connectivity index (χ2v) is 8.43. The van der Waals surface area contributed by atoms with Gasteiger partial charge in [0.05, 0.1) is 30.8 Å². The van der Waals surface area contributed by atoms with Crippen LogP contribution in [0.2, 0.25) is 0 Å². The number of rotatable bonds is 7. The summed E-state index contributed by atoms with van der Waals surface area (Å²) in [5.74, 6) is 1.93. The normalized spacial score (nSPS) is 20.7. The molecule has 152 valence electrons. The molecular formula is C20H25NO6S. The Morgan fingerprint density at radius 1 is 1.07 bits per heavy atom. The van der Waals surface area contributed by atoms with E-state index in [1.807, 2.05) is 19.1 Å². The first-order valence-electron chi connectivity index (χ1n) is 9.19. The molecule has 2 aromatic rings. The summed E-state index contributed by atoms with van der Waals surface area (Å²) in [6.07, 6.45) is -0.506. The summed E-state index contributed by atoms with van der Waals surface area (Å²) in [6.45, 7) is 4.47. The zero-order chi connectivity index (χ0) is 20.1. The minimum Gasteiger partial charge on any atom is -0.494 e. The Kier molecular flexibility index (Phi) is 6.56. The van der Waals surface area contributed by atoms with E-state index in [1.165, 1.54) is 16.4 Å². The molecule has 0 unspecified atom stereocenters. The number of ether oxygens (including phenoxy) is 3. The maximum atomic E-state index is 13.0. The molecule has 1 saturated heterocycles. The van der Waals surface area contributed by atoms with E-state index < -0.39 is 16.1 Å². The summed E-state index contributed by atoms with van der Waals surface area (Å²) < 4.78 is 43.9. The van der Waals surface area contributed by atoms with Crippen molar-refractivity contribution >= 4 is 10.0 Å². The highest BCUT2D eigenvalue weighted by atomic mass is 32.2. The fourth-order valence-electron chi connectivity index (χ4n) is 2.96. The van der Waals surface area contributed by atoms with Gasteiger partial charge in [-0.15, -0.1) is 0 Å². The molecule has 3 rings (SSSR count). The molecule has 0 amide bonds. The van der Waals surface area contributed by atoms with Crippen LogP contribution >= 0.6 is 0 Å². The quantitative estimate of drug-likeness (QED) is 0.760. The third-order valence-corrected chi connectivity index (χ3v) is 6.45. The van der Waals surface area contributed by atoms with Crippen LogP contribution in [0, 0.1) is 0 Å². The first kappa shape index (κ1) is 20.6. The predicted octanol–water partition coefficient (Wildman–Crippen LogP) is 2.65. The molecule has 28 heavy (non-hydrogen) atoms. The van der Waals surface area contributed by atoms with Gasteiger partial charge >= 0.3 is 0 Å². The van der Waals surface area contributed by atoms with Crippen molar-refractivity contribution in [2.75, 3.05) is 26.4 Å². The number of benzene rings is 2. The second-order valence-electron chi connectivity index (χ2n) is 6.54. The van der Waals surface area contributed by atoms with Gasteiger partial charge in [0.15, 0.2) is 0 Å². The molecular weight excluding hydrogens is 382 g/mol. The SMILES string of the molecule is CCOc1ccc(Oc2ccc(S(=O)(=O)N3C[C@H](CO)OC[C@@H]3C)cc2)cc1. The zero-order valence-corrected chi connectivity index (χ0v) is 16.8. The van der Waals surface area contributed by atoms with Gasteiger partial charge in [-0.1, -0.05) is 0 Å². The Bertz CT molecular complexity index is 867. The van der Waals surface area contributed by atoms with Crippen molar-refractivity contribution in [2.45, 2.75) is 30.9 Å². The summed E-state index contributed by atoms with van der Waals surface area (Å²) in [5.41, 5.74) is 0. The van der Waals surface area contributed by atoms with Gasteiger partial charge in [-0.3, -0.25) is 0 Å². The van der Waals surface area contributed by atoms with Crippen LogP contribution in [0.1, 0.15) is 13.8 Å². The van der Waals surface area contributed by atoms with E-state index in [-0.39, 0.29) is 30.7 Å². The first-order chi connectivity index (χ1) is 13.4. The summed E-state index contributed by atoms with van der Waals surface area (Å²) in [6, 6.07) is 13.2. The highest BCUT2D eigenvalue weighted by Gasteiger charge is 2.35. The smallest absolute Gasteiger partial charge is 0.243 e. The molecule has 1 fully saturated rings. The summed E-state index contributed by atoms with van der Waals surface area (Å²) in [5, 5.41) is 9.28. The van der Waals surface area contributed by atoms with E-state index >= 15 is 0 Å². The standard InChI is InChI=1S/C20H25NO6S/c1-3-25-16-4-6-17(7-5-16)27-18-8-10-20(11-9-18)28(23,24)21-12-19(13-22)26-14-15(21)2/h4-11,15,19,22H,3,12-14H2,1-2H3/t15-,19+/m0/s1. The van der Waals surface area contributed by atoms with E-state index in [4.69, 9.17) is 14.2 Å². The van der Waals surface area contributed by atoms with Crippen molar-refractivity contribution < 1.29 is 27.7 Å². The Morgan fingerprint density at radius 2 is 1.64 bits per heavy atom. The molecule has 1 aliphatic heterocycles. The Hall–Kier alpha value is -2.13. The van der Waals surface area contributed by atoms with Crippen LogP contribution in [0.5, 0.6) is 17.2 Å². The highest BCUT2D eigenvalue weighted by molar-refractivity contribution is 7.89. The van der Waals surface area contributed by atoms with Crippen LogP contribution in [0.4, 0.5) is 0 Å². The van der Waals surface area contributed by atoms with E-state index in [9.17, 15) is 13.5 Å². The number of morpholine rings is 1. The largest absolute Gasteiger partial charge is 0.494 e. The zero-order valence-electron chi connectivity index (χ0n) is 15.9. The molecule has 2 atom stereocenters. The van der Waals surface area contributed by atoms with Crippen LogP contribution in [0.25, 0.3) is 0 Å². The Balaban J connectivity index is 1.72. The number of hydrogen-bond donors (Lipinski definition) is 1. The third-order valence-electron chi connectivity index (χ3n) is 4.45. The van der Waals surface area contributed by atoms with Gasteiger partial charge in [0.1, 0.15) is 17.2 Å². The topological polar surface area (TPSA) is 85.3 Å². The first-order valence-corrected chi connectivity index (χ1v) is 10.6. The molecule has 1 N–H and O–H groups in total. The monoisotopic (exact) mass is 407 g/mol. The van der Waals surface area contributed by atoms with E-state index in [0.29, 0.717) is 18.1 Å². The molecule has 0 aromatic heterocycles. The van der Waals surface area contributed by atoms with Crippen molar-refractivity contribution in [1.29, 1.82) is 0 Å². The molecule has 2 aromatic carbocycles. The number of sulfonamides is 1. The van der Waals surface area contributed by atoms with Crippen LogP contribution in [0.15, 0.2) is 53.4 Å². The number of hydrogen-bond acceptors (Lipinski definition) is 6. The minimum atomic E-state index is -3.69. The van der Waals surface area contributed by atoms with Crippen LogP contribution in [-0.2, 0) is 14.8 Å². The Morgan fingerprint density at radius 3 is 2.21 bits per heavy atom. The van der Waals surface area contributed by atoms with E-state index in [2.05, 4.69) is 0 Å². The van der Waals surface area contributed by atoms with Gasteiger partial charge in [-0.25, -0.2) is 8.42 Å². The van der Waals surface area contributed by atoms with Gasteiger partial charge in [-0.05, 0) is 62.4 Å². The molecule has 0 aliphatic carbocycles. The molecule has 0 bridgehead atoms. The van der Waals surface area contributed by atoms with Gasteiger partial charge in [-0.2, -0.15) is 4.31 Å². The van der Waals surface area contributed by atoms with Crippen molar-refractivity contribution in [2.24, 2.45) is 0 Å². The van der Waals surface area contributed by atoms with Crippen LogP contribution in [-0.4, -0.2) is 56.3 Å². The molecule has 0 spiro atoms. The summed E-state index contributed by atoms with van der Waals surface area (Å²) in [4.78, 5) is 0.178. The van der Waals surface area contributed by atoms with Gasteiger partial charge in [0.2, 0.25) is 10.0 Å². The maximum Gasteiger partial charge on any atom is 0.243 e. The fraction of sp³-hybridized carbons (Fsp3) is 0.400. The summed E-state index contributed by atoms with van der Waals surface area (Å²) >= 11 is 0. The Labute approximate surface area is 165 Å². The summed E-state index contributed by atoms with van der Waals surface area (Å²) in [7, 11) is -3.69. The fourth-order valence-corrected chi connectivity index (χ4v) is 4.61.